The van der Waals surface area contributed by atoms with Crippen LogP contribution in [0.2, 0.25) is 5.02 Å². The number of pyridine rings is 1. The molecule has 31 heavy (non-hydrogen) atoms. The lowest BCUT2D eigenvalue weighted by atomic mass is 9.95. The average Bonchev–Trinajstić information content (AvgIpc) is 3.42. The maximum absolute atomic E-state index is 6.37. The summed E-state index contributed by atoms with van der Waals surface area (Å²) in [5.41, 5.74) is 7.18. The number of benzene rings is 1. The van der Waals surface area contributed by atoms with Gasteiger partial charge in [-0.3, -0.25) is 9.98 Å². The van der Waals surface area contributed by atoms with Crippen LogP contribution in [0, 0.1) is 20.8 Å². The highest BCUT2D eigenvalue weighted by Gasteiger charge is 2.46. The summed E-state index contributed by atoms with van der Waals surface area (Å²) in [5, 5.41) is 1.92. The number of hydrogen-bond acceptors (Lipinski definition) is 4. The first-order chi connectivity index (χ1) is 15.0. The second kappa shape index (κ2) is 8.03. The van der Waals surface area contributed by atoms with Crippen LogP contribution in [0.1, 0.15) is 53.6 Å². The number of halogens is 1. The van der Waals surface area contributed by atoms with Crippen LogP contribution in [0.25, 0.3) is 5.69 Å². The van der Waals surface area contributed by atoms with Crippen LogP contribution < -0.4 is 0 Å². The quantitative estimate of drug-likeness (QED) is 0.459. The highest BCUT2D eigenvalue weighted by Crippen LogP contribution is 2.49. The van der Waals surface area contributed by atoms with E-state index < -0.39 is 0 Å². The highest BCUT2D eigenvalue weighted by molar-refractivity contribution is 8.14. The Kier molecular flexibility index (Phi) is 5.35. The van der Waals surface area contributed by atoms with E-state index >= 15 is 0 Å². The molecule has 2 aliphatic heterocycles. The molecule has 160 valence electrons. The van der Waals surface area contributed by atoms with Crippen LogP contribution in [0.3, 0.4) is 0 Å². The minimum Gasteiger partial charge on any atom is -0.338 e. The molecule has 2 aromatic heterocycles. The lowest BCUT2D eigenvalue weighted by Gasteiger charge is -2.32. The van der Waals surface area contributed by atoms with E-state index in [0.717, 1.165) is 33.7 Å². The van der Waals surface area contributed by atoms with E-state index in [1.165, 1.54) is 22.5 Å². The zero-order valence-corrected chi connectivity index (χ0v) is 19.9. The summed E-state index contributed by atoms with van der Waals surface area (Å²) in [4.78, 5) is 12.4. The molecule has 1 saturated heterocycles. The number of thioether (sulfide) groups is 1. The molecule has 1 fully saturated rings. The van der Waals surface area contributed by atoms with Crippen LogP contribution in [0.4, 0.5) is 0 Å². The van der Waals surface area contributed by atoms with Crippen LogP contribution in [-0.2, 0) is 0 Å². The van der Waals surface area contributed by atoms with Crippen molar-refractivity contribution in [2.45, 2.75) is 52.2 Å². The van der Waals surface area contributed by atoms with E-state index in [4.69, 9.17) is 21.6 Å². The van der Waals surface area contributed by atoms with Gasteiger partial charge >= 0.3 is 0 Å². The molecule has 3 aromatic rings. The van der Waals surface area contributed by atoms with Crippen molar-refractivity contribution in [3.63, 3.8) is 0 Å². The van der Waals surface area contributed by atoms with Gasteiger partial charge in [0, 0.05) is 40.1 Å². The summed E-state index contributed by atoms with van der Waals surface area (Å²) < 4.78 is 2.34. The van der Waals surface area contributed by atoms with E-state index in [1.54, 1.807) is 0 Å². The predicted molar refractivity (Wildman–Crippen MR) is 131 cm³/mol. The summed E-state index contributed by atoms with van der Waals surface area (Å²) in [6, 6.07) is 15.2. The van der Waals surface area contributed by atoms with Crippen LogP contribution in [-0.4, -0.2) is 31.4 Å². The lowest BCUT2D eigenvalue weighted by Crippen LogP contribution is -2.35. The third-order valence-electron chi connectivity index (χ3n) is 6.53. The van der Waals surface area contributed by atoms with Gasteiger partial charge in [0.1, 0.15) is 6.04 Å². The van der Waals surface area contributed by atoms with E-state index in [9.17, 15) is 0 Å². The summed E-state index contributed by atoms with van der Waals surface area (Å²) in [6.07, 6.45) is 2.99. The Morgan fingerprint density at radius 1 is 1.13 bits per heavy atom. The fourth-order valence-electron chi connectivity index (χ4n) is 4.97. The minimum absolute atomic E-state index is 0.00691. The first-order valence-corrected chi connectivity index (χ1v) is 12.2. The van der Waals surface area contributed by atoms with Gasteiger partial charge in [-0.1, -0.05) is 42.4 Å². The number of aliphatic imine (C=N–C) groups is 1. The van der Waals surface area contributed by atoms with Crippen molar-refractivity contribution in [1.82, 2.24) is 14.5 Å². The highest BCUT2D eigenvalue weighted by atomic mass is 35.5. The van der Waals surface area contributed by atoms with Crippen LogP contribution in [0.15, 0.2) is 53.7 Å². The molecular formula is C25H27ClN4S. The first kappa shape index (κ1) is 20.7. The Labute approximate surface area is 193 Å². The molecule has 0 unspecified atom stereocenters. The van der Waals surface area contributed by atoms with Gasteiger partial charge in [-0.05, 0) is 68.7 Å². The summed E-state index contributed by atoms with van der Waals surface area (Å²) in [6.45, 7) is 8.82. The molecule has 2 aliphatic rings. The molecule has 4 heterocycles. The van der Waals surface area contributed by atoms with Gasteiger partial charge in [-0.25, -0.2) is 0 Å². The van der Waals surface area contributed by atoms with Crippen molar-refractivity contribution >= 4 is 28.5 Å². The van der Waals surface area contributed by atoms with Gasteiger partial charge in [-0.15, -0.1) is 0 Å². The molecule has 0 aliphatic carbocycles. The Bertz CT molecular complexity index is 1150. The number of fused-ring (bicyclic) bond motifs is 1. The normalized spacial score (nSPS) is 22.7. The Hall–Kier alpha value is -2.24. The maximum Gasteiger partial charge on any atom is 0.160 e. The number of rotatable bonds is 4. The van der Waals surface area contributed by atoms with Gasteiger partial charge in [0.25, 0.3) is 0 Å². The zero-order valence-electron chi connectivity index (χ0n) is 18.3. The molecule has 1 aromatic carbocycles. The van der Waals surface area contributed by atoms with E-state index in [0.29, 0.717) is 6.04 Å². The molecule has 0 amide bonds. The topological polar surface area (TPSA) is 33.4 Å². The molecule has 6 heteroatoms. The Morgan fingerprint density at radius 2 is 1.97 bits per heavy atom. The lowest BCUT2D eigenvalue weighted by molar-refractivity contribution is 0.254. The van der Waals surface area contributed by atoms with Crippen molar-refractivity contribution < 1.29 is 0 Å². The van der Waals surface area contributed by atoms with Gasteiger partial charge in [0.15, 0.2) is 5.17 Å². The number of aromatic nitrogens is 2. The summed E-state index contributed by atoms with van der Waals surface area (Å²) in [5.74, 6) is 1.10. The van der Waals surface area contributed by atoms with Gasteiger partial charge in [-0.2, -0.15) is 0 Å². The van der Waals surface area contributed by atoms with Crippen LogP contribution in [0.5, 0.6) is 0 Å². The van der Waals surface area contributed by atoms with Crippen molar-refractivity contribution in [3.8, 4) is 5.69 Å². The summed E-state index contributed by atoms with van der Waals surface area (Å²) in [7, 11) is 0. The van der Waals surface area contributed by atoms with Crippen molar-refractivity contribution in [1.29, 1.82) is 0 Å². The van der Waals surface area contributed by atoms with Gasteiger partial charge in [0.05, 0.1) is 11.7 Å². The van der Waals surface area contributed by atoms with Gasteiger partial charge in [0.2, 0.25) is 0 Å². The van der Waals surface area contributed by atoms with Crippen molar-refractivity contribution in [2.75, 3.05) is 5.75 Å². The summed E-state index contributed by atoms with van der Waals surface area (Å²) >= 11 is 8.25. The third kappa shape index (κ3) is 3.39. The molecule has 3 atom stereocenters. The first-order valence-electron chi connectivity index (χ1n) is 10.8. The number of aryl methyl sites for hydroxylation is 2. The molecule has 5 rings (SSSR count). The molecule has 0 spiro atoms. The second-order valence-electron chi connectivity index (χ2n) is 8.43. The van der Waals surface area contributed by atoms with E-state index in [1.807, 2.05) is 30.1 Å². The Balaban J connectivity index is 1.66. The molecule has 4 nitrogen and oxygen atoms in total. The molecular weight excluding hydrogens is 424 g/mol. The standard InChI is InChI=1S/C25H27ClN4S/c1-5-19-14-31-25-28-23(21-8-6-7-11-27-21)24(30(19)25)20-12-16(3)29(17(20)4)22-13-18(26)10-9-15(22)2/h6-13,19,23-24H,5,14H2,1-4H3/t19-,23-,24+/m1/s1. The fourth-order valence-corrected chi connectivity index (χ4v) is 6.47. The van der Waals surface area contributed by atoms with E-state index in [2.05, 4.69) is 67.5 Å². The monoisotopic (exact) mass is 450 g/mol. The zero-order chi connectivity index (χ0) is 21.7. The van der Waals surface area contributed by atoms with Crippen molar-refractivity contribution in [3.05, 3.63) is 81.9 Å². The van der Waals surface area contributed by atoms with E-state index in [-0.39, 0.29) is 12.1 Å². The average molecular weight is 451 g/mol. The molecule has 0 radical (unpaired) electrons. The van der Waals surface area contributed by atoms with Crippen LogP contribution >= 0.6 is 23.4 Å². The third-order valence-corrected chi connectivity index (χ3v) is 7.89. The SMILES string of the molecule is CC[C@@H]1CSC2=N[C@H](c3ccccn3)[C@H](c3cc(C)n(-c4cc(Cl)ccc4C)c3C)N21. The fraction of sp³-hybridized carbons (Fsp3) is 0.360. The molecule has 0 saturated carbocycles. The largest absolute Gasteiger partial charge is 0.338 e. The Morgan fingerprint density at radius 3 is 2.71 bits per heavy atom. The number of amidine groups is 1. The van der Waals surface area contributed by atoms with Crippen molar-refractivity contribution in [2.24, 2.45) is 4.99 Å². The number of hydrogen-bond donors (Lipinski definition) is 0. The molecule has 0 bridgehead atoms. The molecule has 0 N–H and O–H groups in total. The minimum atomic E-state index is 0.00691. The van der Waals surface area contributed by atoms with Gasteiger partial charge < -0.3 is 9.47 Å². The smallest absolute Gasteiger partial charge is 0.160 e. The second-order valence-corrected chi connectivity index (χ2v) is 9.85. The predicted octanol–water partition coefficient (Wildman–Crippen LogP) is 6.43. The maximum atomic E-state index is 6.37. The number of nitrogens with zero attached hydrogens (tertiary/aromatic N) is 4.